The molecule has 3 heteroatoms. The van der Waals surface area contributed by atoms with Crippen LogP contribution in [0.4, 0.5) is 0 Å². The van der Waals surface area contributed by atoms with Crippen LogP contribution < -0.4 is 0 Å². The highest BCUT2D eigenvalue weighted by Crippen LogP contribution is 2.34. The number of rotatable bonds is 14. The third kappa shape index (κ3) is 9.05. The van der Waals surface area contributed by atoms with E-state index < -0.39 is 0 Å². The van der Waals surface area contributed by atoms with Gasteiger partial charge in [-0.15, -0.1) is 0 Å². The first kappa shape index (κ1) is 40.5. The maximum Gasteiger partial charge on any atom is 0.164 e. The normalized spacial score (nSPS) is 12.4. The average Bonchev–Trinajstić information content (AvgIpc) is 3.26. The molecule has 0 saturated carbocycles. The third-order valence-electron chi connectivity index (χ3n) is 12.2. The molecule has 6 aromatic carbocycles. The number of benzene rings is 6. The molecule has 7 aromatic rings. The van der Waals surface area contributed by atoms with Gasteiger partial charge in [0, 0.05) is 16.7 Å². The highest BCUT2D eigenvalue weighted by molar-refractivity contribution is 5.74. The summed E-state index contributed by atoms with van der Waals surface area (Å²) in [6, 6.07) is 52.9. The summed E-state index contributed by atoms with van der Waals surface area (Å²) >= 11 is 0. The molecule has 0 saturated heterocycles. The van der Waals surface area contributed by atoms with E-state index in [1.54, 1.807) is 0 Å². The van der Waals surface area contributed by atoms with E-state index in [4.69, 9.17) is 15.0 Å². The van der Waals surface area contributed by atoms with Crippen LogP contribution in [0.2, 0.25) is 0 Å². The first-order chi connectivity index (χ1) is 28.0. The molecule has 7 rings (SSSR count). The van der Waals surface area contributed by atoms with Gasteiger partial charge in [-0.25, -0.2) is 15.0 Å². The van der Waals surface area contributed by atoms with E-state index in [1.807, 2.05) is 0 Å². The molecule has 0 aliphatic carbocycles. The molecular formula is C55H59N3. The van der Waals surface area contributed by atoms with E-state index >= 15 is 0 Å². The number of hydrogen-bond acceptors (Lipinski definition) is 3. The van der Waals surface area contributed by atoms with E-state index in [1.165, 1.54) is 75.8 Å². The lowest BCUT2D eigenvalue weighted by molar-refractivity contribution is 0.473. The molecule has 1 aromatic heterocycles. The average molecular weight is 762 g/mol. The third-order valence-corrected chi connectivity index (χ3v) is 12.2. The molecule has 0 fully saturated rings. The van der Waals surface area contributed by atoms with Gasteiger partial charge in [0.1, 0.15) is 0 Å². The van der Waals surface area contributed by atoms with Crippen molar-refractivity contribution in [1.29, 1.82) is 0 Å². The lowest BCUT2D eigenvalue weighted by Crippen LogP contribution is -2.16. The molecule has 0 bridgehead atoms. The van der Waals surface area contributed by atoms with Crippen LogP contribution in [0.15, 0.2) is 146 Å². The van der Waals surface area contributed by atoms with Gasteiger partial charge in [0.25, 0.3) is 0 Å². The lowest BCUT2D eigenvalue weighted by Gasteiger charge is -2.25. The van der Waals surface area contributed by atoms with Crippen molar-refractivity contribution >= 4 is 0 Å². The van der Waals surface area contributed by atoms with Crippen LogP contribution in [0.25, 0.3) is 67.5 Å². The van der Waals surface area contributed by atoms with Gasteiger partial charge in [-0.3, -0.25) is 0 Å². The maximum atomic E-state index is 5.09. The van der Waals surface area contributed by atoms with Gasteiger partial charge in [0.2, 0.25) is 0 Å². The molecule has 3 nitrogen and oxygen atoms in total. The molecule has 0 spiro atoms. The van der Waals surface area contributed by atoms with Gasteiger partial charge in [-0.1, -0.05) is 214 Å². The quantitative estimate of drug-likeness (QED) is 0.111. The zero-order chi connectivity index (χ0) is 40.9. The van der Waals surface area contributed by atoms with Crippen LogP contribution in [0.5, 0.6) is 0 Å². The first-order valence-corrected chi connectivity index (χ1v) is 21.4. The van der Waals surface area contributed by atoms with Gasteiger partial charge in [0.15, 0.2) is 17.5 Å². The zero-order valence-corrected chi connectivity index (χ0v) is 35.8. The maximum absolute atomic E-state index is 5.09. The second-order valence-corrected chi connectivity index (χ2v) is 17.4. The van der Waals surface area contributed by atoms with Gasteiger partial charge >= 0.3 is 0 Å². The monoisotopic (exact) mass is 761 g/mol. The number of nitrogens with zero attached hydrogens (tertiary/aromatic N) is 3. The Morgan fingerprint density at radius 3 is 0.862 bits per heavy atom. The van der Waals surface area contributed by atoms with Crippen LogP contribution >= 0.6 is 0 Å². The van der Waals surface area contributed by atoms with E-state index in [-0.39, 0.29) is 10.8 Å². The van der Waals surface area contributed by atoms with Crippen LogP contribution in [-0.4, -0.2) is 15.0 Å². The Hall–Kier alpha value is -5.67. The van der Waals surface area contributed by atoms with Crippen LogP contribution in [0.3, 0.4) is 0 Å². The predicted molar refractivity (Wildman–Crippen MR) is 247 cm³/mol. The standard InChI is InChI=1S/C55H59N3/c1-9-36-54(5,6)49-32-28-44(29-33-49)42-18-24-47(25-19-42)52-56-51(46-22-16-41(17-23-46)40-14-12-39(13-15-40)38(4)11-3)57-53(58-52)48-26-20-43(21-27-48)45-30-34-50(35-31-45)55(7,8)37-10-2/h12-35,38H,9-11,36-37H2,1-8H3. The molecule has 58 heavy (non-hydrogen) atoms. The minimum Gasteiger partial charge on any atom is -0.208 e. The summed E-state index contributed by atoms with van der Waals surface area (Å²) in [6.45, 7) is 18.4. The topological polar surface area (TPSA) is 38.7 Å². The van der Waals surface area contributed by atoms with E-state index in [0.717, 1.165) is 23.1 Å². The summed E-state index contributed by atoms with van der Waals surface area (Å²) < 4.78 is 0. The van der Waals surface area contributed by atoms with Crippen molar-refractivity contribution in [2.75, 3.05) is 0 Å². The summed E-state index contributed by atoms with van der Waals surface area (Å²) in [5, 5.41) is 0. The zero-order valence-electron chi connectivity index (χ0n) is 35.8. The molecule has 1 unspecified atom stereocenters. The highest BCUT2D eigenvalue weighted by Gasteiger charge is 2.21. The summed E-state index contributed by atoms with van der Waals surface area (Å²) in [5.74, 6) is 2.52. The SMILES string of the molecule is CCCC(C)(C)c1ccc(-c2ccc(-c3nc(-c4ccc(-c5ccc(C(C)CC)cc5)cc4)nc(-c4ccc(-c5ccc(C(C)(C)CCC)cc5)cc4)n3)cc2)cc1. The van der Waals surface area contributed by atoms with E-state index in [0.29, 0.717) is 23.4 Å². The largest absolute Gasteiger partial charge is 0.208 e. The van der Waals surface area contributed by atoms with Crippen molar-refractivity contribution in [2.45, 2.75) is 104 Å². The molecular weight excluding hydrogens is 703 g/mol. The first-order valence-electron chi connectivity index (χ1n) is 21.4. The lowest BCUT2D eigenvalue weighted by atomic mass is 9.80. The van der Waals surface area contributed by atoms with Gasteiger partial charge in [-0.05, 0) is 86.1 Å². The Labute approximate surface area is 347 Å². The predicted octanol–water partition coefficient (Wildman–Crippen LogP) is 15.5. The summed E-state index contributed by atoms with van der Waals surface area (Å²) in [5.41, 5.74) is 14.5. The van der Waals surface area contributed by atoms with E-state index in [2.05, 4.69) is 201 Å². The van der Waals surface area contributed by atoms with E-state index in [9.17, 15) is 0 Å². The Morgan fingerprint density at radius 2 is 0.603 bits per heavy atom. The van der Waals surface area contributed by atoms with Gasteiger partial charge < -0.3 is 0 Å². The Morgan fingerprint density at radius 1 is 0.362 bits per heavy atom. The second kappa shape index (κ2) is 17.4. The van der Waals surface area contributed by atoms with Crippen LogP contribution in [0.1, 0.15) is 110 Å². The fourth-order valence-corrected chi connectivity index (χ4v) is 8.20. The van der Waals surface area contributed by atoms with Crippen LogP contribution in [-0.2, 0) is 10.8 Å². The Kier molecular flexibility index (Phi) is 12.2. The summed E-state index contributed by atoms with van der Waals surface area (Å²) in [6.07, 6.45) is 5.82. The molecule has 1 atom stereocenters. The van der Waals surface area contributed by atoms with Gasteiger partial charge in [-0.2, -0.15) is 0 Å². The smallest absolute Gasteiger partial charge is 0.164 e. The number of hydrogen-bond donors (Lipinski definition) is 0. The van der Waals surface area contributed by atoms with Crippen molar-refractivity contribution in [3.05, 3.63) is 162 Å². The molecule has 0 aliphatic rings. The number of aromatic nitrogens is 3. The highest BCUT2D eigenvalue weighted by atomic mass is 15.0. The minimum absolute atomic E-state index is 0.168. The van der Waals surface area contributed by atoms with Crippen molar-refractivity contribution in [1.82, 2.24) is 15.0 Å². The molecule has 0 radical (unpaired) electrons. The van der Waals surface area contributed by atoms with Gasteiger partial charge in [0.05, 0.1) is 0 Å². The molecule has 0 aliphatic heterocycles. The Bertz CT molecular complexity index is 2280. The molecule has 1 heterocycles. The summed E-state index contributed by atoms with van der Waals surface area (Å²) in [4.78, 5) is 15.3. The molecule has 294 valence electrons. The molecule has 0 amide bonds. The van der Waals surface area contributed by atoms with Crippen molar-refractivity contribution in [3.63, 3.8) is 0 Å². The van der Waals surface area contributed by atoms with Crippen molar-refractivity contribution in [2.24, 2.45) is 0 Å². The molecule has 0 N–H and O–H groups in total. The van der Waals surface area contributed by atoms with Crippen molar-refractivity contribution in [3.8, 4) is 67.5 Å². The fraction of sp³-hybridized carbons (Fsp3) is 0.291. The van der Waals surface area contributed by atoms with Crippen molar-refractivity contribution < 1.29 is 0 Å². The summed E-state index contributed by atoms with van der Waals surface area (Å²) in [7, 11) is 0. The van der Waals surface area contributed by atoms with Crippen LogP contribution in [0, 0.1) is 0 Å². The fourth-order valence-electron chi connectivity index (χ4n) is 8.20. The Balaban J connectivity index is 1.21. The minimum atomic E-state index is 0.168. The second-order valence-electron chi connectivity index (χ2n) is 17.4.